The topological polar surface area (TPSA) is 69.6 Å². The van der Waals surface area contributed by atoms with Gasteiger partial charge >= 0.3 is 0 Å². The fraction of sp³-hybridized carbons (Fsp3) is 0.533. The highest BCUT2D eigenvalue weighted by Gasteiger charge is 2.29. The summed E-state index contributed by atoms with van der Waals surface area (Å²) in [5.41, 5.74) is 7.35. The van der Waals surface area contributed by atoms with Gasteiger partial charge in [0.25, 0.3) is 0 Å². The maximum Gasteiger partial charge on any atom is 0.182 e. The van der Waals surface area contributed by atoms with Gasteiger partial charge in [0.05, 0.1) is 16.8 Å². The standard InChI is InChI=1S/C15H20ClN5/c1-9-3-6-14(10(2)7-9)21-15(18-19-20-21)11-4-5-12(16)13(17)8-11/h4-5,8-10,14H,3,6-7,17H2,1-2H3. The van der Waals surface area contributed by atoms with E-state index in [4.69, 9.17) is 17.3 Å². The van der Waals surface area contributed by atoms with Gasteiger partial charge in [0.2, 0.25) is 0 Å². The fourth-order valence-corrected chi connectivity index (χ4v) is 3.42. The molecule has 0 aliphatic heterocycles. The summed E-state index contributed by atoms with van der Waals surface area (Å²) in [6, 6.07) is 5.89. The summed E-state index contributed by atoms with van der Waals surface area (Å²) in [5, 5.41) is 12.8. The van der Waals surface area contributed by atoms with Crippen LogP contribution in [0.25, 0.3) is 11.4 Å². The fourth-order valence-electron chi connectivity index (χ4n) is 3.30. The zero-order valence-electron chi connectivity index (χ0n) is 12.3. The van der Waals surface area contributed by atoms with Gasteiger partial charge in [0, 0.05) is 5.56 Å². The molecule has 2 aromatic rings. The number of benzene rings is 1. The molecule has 1 aromatic heterocycles. The Kier molecular flexibility index (Phi) is 3.85. The van der Waals surface area contributed by atoms with E-state index in [1.165, 1.54) is 12.8 Å². The average Bonchev–Trinajstić information content (AvgIpc) is 2.91. The Morgan fingerprint density at radius 1 is 1.29 bits per heavy atom. The van der Waals surface area contributed by atoms with Crippen molar-refractivity contribution >= 4 is 17.3 Å². The van der Waals surface area contributed by atoms with Crippen LogP contribution in [-0.2, 0) is 0 Å². The minimum atomic E-state index is 0.350. The monoisotopic (exact) mass is 305 g/mol. The van der Waals surface area contributed by atoms with Gasteiger partial charge in [0.15, 0.2) is 5.82 Å². The van der Waals surface area contributed by atoms with Crippen LogP contribution < -0.4 is 5.73 Å². The molecule has 3 atom stereocenters. The van der Waals surface area contributed by atoms with E-state index >= 15 is 0 Å². The Balaban J connectivity index is 1.95. The molecule has 1 aliphatic rings. The van der Waals surface area contributed by atoms with Gasteiger partial charge < -0.3 is 5.73 Å². The van der Waals surface area contributed by atoms with Gasteiger partial charge in [-0.05, 0) is 59.7 Å². The molecule has 0 amide bonds. The molecule has 1 saturated carbocycles. The molecule has 6 heteroatoms. The molecule has 0 spiro atoms. The molecule has 21 heavy (non-hydrogen) atoms. The normalized spacial score (nSPS) is 26.0. The molecule has 1 aromatic carbocycles. The largest absolute Gasteiger partial charge is 0.398 e. The second-order valence-corrected chi connectivity index (χ2v) is 6.55. The van der Waals surface area contributed by atoms with E-state index in [-0.39, 0.29) is 0 Å². The summed E-state index contributed by atoms with van der Waals surface area (Å²) in [6.07, 6.45) is 3.55. The van der Waals surface area contributed by atoms with E-state index in [1.807, 2.05) is 16.8 Å². The quantitative estimate of drug-likeness (QED) is 0.861. The van der Waals surface area contributed by atoms with Crippen molar-refractivity contribution in [2.24, 2.45) is 11.8 Å². The summed E-state index contributed by atoms with van der Waals surface area (Å²) in [6.45, 7) is 4.59. The smallest absolute Gasteiger partial charge is 0.182 e. The minimum Gasteiger partial charge on any atom is -0.398 e. The Morgan fingerprint density at radius 3 is 2.81 bits per heavy atom. The maximum atomic E-state index is 5.99. The summed E-state index contributed by atoms with van der Waals surface area (Å²) in [4.78, 5) is 0. The van der Waals surface area contributed by atoms with Crippen LogP contribution in [-0.4, -0.2) is 20.2 Å². The van der Waals surface area contributed by atoms with Gasteiger partial charge in [-0.3, -0.25) is 0 Å². The van der Waals surface area contributed by atoms with Crippen molar-refractivity contribution in [3.8, 4) is 11.4 Å². The molecule has 3 rings (SSSR count). The lowest BCUT2D eigenvalue weighted by Crippen LogP contribution is -2.26. The van der Waals surface area contributed by atoms with Crippen LogP contribution in [0.4, 0.5) is 5.69 Å². The third-order valence-electron chi connectivity index (χ3n) is 4.45. The lowest BCUT2D eigenvalue weighted by Gasteiger charge is -2.32. The zero-order chi connectivity index (χ0) is 15.0. The van der Waals surface area contributed by atoms with Crippen molar-refractivity contribution in [1.29, 1.82) is 0 Å². The first-order chi connectivity index (χ1) is 10.1. The molecule has 3 unspecified atom stereocenters. The number of nitrogens with two attached hydrogens (primary N) is 1. The summed E-state index contributed by atoms with van der Waals surface area (Å²) in [7, 11) is 0. The second-order valence-electron chi connectivity index (χ2n) is 6.15. The van der Waals surface area contributed by atoms with E-state index in [0.29, 0.717) is 22.7 Å². The number of hydrogen-bond donors (Lipinski definition) is 1. The lowest BCUT2D eigenvalue weighted by atomic mass is 9.80. The first-order valence-electron chi connectivity index (χ1n) is 7.39. The van der Waals surface area contributed by atoms with Crippen molar-refractivity contribution < 1.29 is 0 Å². The van der Waals surface area contributed by atoms with Gasteiger partial charge in [-0.2, -0.15) is 0 Å². The predicted octanol–water partition coefficient (Wildman–Crippen LogP) is 3.57. The molecular weight excluding hydrogens is 286 g/mol. The van der Waals surface area contributed by atoms with Crippen LogP contribution in [0, 0.1) is 11.8 Å². The summed E-state index contributed by atoms with van der Waals surface area (Å²) < 4.78 is 1.96. The highest BCUT2D eigenvalue weighted by Crippen LogP contribution is 2.38. The average molecular weight is 306 g/mol. The molecule has 2 N–H and O–H groups in total. The molecule has 0 saturated heterocycles. The van der Waals surface area contributed by atoms with Crippen LogP contribution in [0.1, 0.15) is 39.2 Å². The van der Waals surface area contributed by atoms with Crippen molar-refractivity contribution in [1.82, 2.24) is 20.2 Å². The molecule has 1 heterocycles. The first-order valence-corrected chi connectivity index (χ1v) is 7.77. The Hall–Kier alpha value is -1.62. The number of nitrogens with zero attached hydrogens (tertiary/aromatic N) is 4. The highest BCUT2D eigenvalue weighted by molar-refractivity contribution is 6.33. The number of hydrogen-bond acceptors (Lipinski definition) is 4. The maximum absolute atomic E-state index is 5.99. The third-order valence-corrected chi connectivity index (χ3v) is 4.79. The number of halogens is 1. The Labute approximate surface area is 129 Å². The van der Waals surface area contributed by atoms with E-state index < -0.39 is 0 Å². The predicted molar refractivity (Wildman–Crippen MR) is 83.9 cm³/mol. The van der Waals surface area contributed by atoms with Crippen LogP contribution in [0.15, 0.2) is 18.2 Å². The van der Waals surface area contributed by atoms with Crippen LogP contribution in [0.5, 0.6) is 0 Å². The molecule has 0 bridgehead atoms. The highest BCUT2D eigenvalue weighted by atomic mass is 35.5. The SMILES string of the molecule is CC1CCC(n2nnnc2-c2ccc(Cl)c(N)c2)C(C)C1. The molecule has 112 valence electrons. The summed E-state index contributed by atoms with van der Waals surface area (Å²) >= 11 is 5.99. The number of rotatable bonds is 2. The Morgan fingerprint density at radius 2 is 2.10 bits per heavy atom. The number of aromatic nitrogens is 4. The molecule has 5 nitrogen and oxygen atoms in total. The van der Waals surface area contributed by atoms with Crippen LogP contribution in [0.2, 0.25) is 5.02 Å². The number of anilines is 1. The van der Waals surface area contributed by atoms with Crippen LogP contribution in [0.3, 0.4) is 0 Å². The first kappa shape index (κ1) is 14.3. The van der Waals surface area contributed by atoms with Crippen molar-refractivity contribution in [2.75, 3.05) is 5.73 Å². The van der Waals surface area contributed by atoms with Gasteiger partial charge in [-0.1, -0.05) is 25.4 Å². The second kappa shape index (κ2) is 5.64. The minimum absolute atomic E-state index is 0.350. The molecule has 1 fully saturated rings. The van der Waals surface area contributed by atoms with Crippen molar-refractivity contribution in [2.45, 2.75) is 39.2 Å². The van der Waals surface area contributed by atoms with E-state index in [9.17, 15) is 0 Å². The van der Waals surface area contributed by atoms with E-state index in [0.717, 1.165) is 23.7 Å². The molecule has 0 radical (unpaired) electrons. The number of nitrogen functional groups attached to an aromatic ring is 1. The van der Waals surface area contributed by atoms with E-state index in [2.05, 4.69) is 29.4 Å². The number of tetrazole rings is 1. The summed E-state index contributed by atoms with van der Waals surface area (Å²) in [5.74, 6) is 2.12. The van der Waals surface area contributed by atoms with Gasteiger partial charge in [-0.25, -0.2) is 4.68 Å². The molecular formula is C15H20ClN5. The Bertz CT molecular complexity index is 639. The third kappa shape index (κ3) is 2.75. The van der Waals surface area contributed by atoms with Crippen LogP contribution >= 0.6 is 11.6 Å². The van der Waals surface area contributed by atoms with Gasteiger partial charge in [-0.15, -0.1) is 5.10 Å². The van der Waals surface area contributed by atoms with Gasteiger partial charge in [0.1, 0.15) is 0 Å². The van der Waals surface area contributed by atoms with Crippen molar-refractivity contribution in [3.05, 3.63) is 23.2 Å². The zero-order valence-corrected chi connectivity index (χ0v) is 13.1. The van der Waals surface area contributed by atoms with Crippen molar-refractivity contribution in [3.63, 3.8) is 0 Å². The lowest BCUT2D eigenvalue weighted by molar-refractivity contribution is 0.194. The van der Waals surface area contributed by atoms with E-state index in [1.54, 1.807) is 6.07 Å². The molecule has 1 aliphatic carbocycles.